The van der Waals surface area contributed by atoms with Crippen molar-refractivity contribution < 1.29 is 0 Å². The van der Waals surface area contributed by atoms with Crippen molar-refractivity contribution in [1.82, 2.24) is 9.78 Å². The first kappa shape index (κ1) is 12.1. The number of hydrogen-bond acceptors (Lipinski definition) is 1. The molecule has 0 atom stereocenters. The summed E-state index contributed by atoms with van der Waals surface area (Å²) >= 11 is 3.49. The van der Waals surface area contributed by atoms with E-state index in [2.05, 4.69) is 34.0 Å². The van der Waals surface area contributed by atoms with Crippen LogP contribution in [0.5, 0.6) is 0 Å². The van der Waals surface area contributed by atoms with Gasteiger partial charge in [-0.05, 0) is 18.6 Å². The van der Waals surface area contributed by atoms with Gasteiger partial charge in [-0.2, -0.15) is 5.10 Å². The van der Waals surface area contributed by atoms with Gasteiger partial charge < -0.3 is 0 Å². The molecular weight excluding hydrogens is 276 g/mol. The Morgan fingerprint density at radius 1 is 1.35 bits per heavy atom. The molecule has 0 aliphatic carbocycles. The predicted octanol–water partition coefficient (Wildman–Crippen LogP) is 4.06. The molecule has 0 saturated heterocycles. The molecule has 88 valence electrons. The number of halogens is 1. The Labute approximate surface area is 110 Å². The fraction of sp³-hybridized carbons (Fsp3) is 0.214. The second kappa shape index (κ2) is 5.82. The zero-order valence-electron chi connectivity index (χ0n) is 9.81. The fourth-order valence-electron chi connectivity index (χ4n) is 1.60. The normalized spacial score (nSPS) is 11.8. The van der Waals surface area contributed by atoms with Crippen LogP contribution < -0.4 is 0 Å². The van der Waals surface area contributed by atoms with Crippen molar-refractivity contribution >= 4 is 22.0 Å². The molecule has 0 N–H and O–H groups in total. The van der Waals surface area contributed by atoms with Crippen molar-refractivity contribution in [3.63, 3.8) is 0 Å². The van der Waals surface area contributed by atoms with Gasteiger partial charge >= 0.3 is 0 Å². The molecule has 0 spiro atoms. The van der Waals surface area contributed by atoms with E-state index in [1.165, 1.54) is 5.57 Å². The summed E-state index contributed by atoms with van der Waals surface area (Å²) in [6, 6.07) is 10.1. The maximum absolute atomic E-state index is 4.36. The summed E-state index contributed by atoms with van der Waals surface area (Å²) in [7, 11) is 0. The Hall–Kier alpha value is -1.35. The monoisotopic (exact) mass is 290 g/mol. The van der Waals surface area contributed by atoms with Gasteiger partial charge in [0.05, 0.1) is 11.9 Å². The lowest BCUT2D eigenvalue weighted by Gasteiger charge is -1.99. The highest BCUT2D eigenvalue weighted by Crippen LogP contribution is 2.13. The maximum Gasteiger partial charge on any atom is 0.0645 e. The number of allylic oxidation sites excluding steroid dienone is 1. The number of rotatable bonds is 4. The molecule has 0 saturated carbocycles. The Balaban J connectivity index is 2.25. The number of nitrogens with zero attached hydrogens (tertiary/aromatic N) is 2. The first-order chi connectivity index (χ1) is 8.33. The van der Waals surface area contributed by atoms with E-state index < -0.39 is 0 Å². The second-order valence-electron chi connectivity index (χ2n) is 3.84. The van der Waals surface area contributed by atoms with E-state index in [1.54, 1.807) is 0 Å². The van der Waals surface area contributed by atoms with E-state index in [4.69, 9.17) is 0 Å². The van der Waals surface area contributed by atoms with Gasteiger partial charge in [-0.15, -0.1) is 0 Å². The van der Waals surface area contributed by atoms with Gasteiger partial charge in [0, 0.05) is 17.1 Å². The van der Waals surface area contributed by atoms with Crippen molar-refractivity contribution in [3.8, 4) is 5.69 Å². The number of para-hydroxylation sites is 1. The van der Waals surface area contributed by atoms with Crippen molar-refractivity contribution in [2.45, 2.75) is 13.3 Å². The Bertz CT molecular complexity index is 494. The van der Waals surface area contributed by atoms with Crippen LogP contribution in [0.4, 0.5) is 0 Å². The van der Waals surface area contributed by atoms with Gasteiger partial charge in [0.2, 0.25) is 0 Å². The second-order valence-corrected chi connectivity index (χ2v) is 4.40. The van der Waals surface area contributed by atoms with E-state index in [0.717, 1.165) is 23.0 Å². The summed E-state index contributed by atoms with van der Waals surface area (Å²) < 4.78 is 1.90. The quantitative estimate of drug-likeness (QED) is 0.777. The Morgan fingerprint density at radius 3 is 2.76 bits per heavy atom. The summed E-state index contributed by atoms with van der Waals surface area (Å²) in [6.45, 7) is 2.16. The van der Waals surface area contributed by atoms with Gasteiger partial charge in [-0.3, -0.25) is 0 Å². The summed E-state index contributed by atoms with van der Waals surface area (Å²) in [6.07, 6.45) is 7.18. The van der Waals surface area contributed by atoms with Crippen LogP contribution in [0.3, 0.4) is 0 Å². The summed E-state index contributed by atoms with van der Waals surface area (Å²) in [4.78, 5) is 0. The van der Waals surface area contributed by atoms with Gasteiger partial charge in [0.25, 0.3) is 0 Å². The smallest absolute Gasteiger partial charge is 0.0645 e. The number of hydrogen-bond donors (Lipinski definition) is 0. The van der Waals surface area contributed by atoms with E-state index in [0.29, 0.717) is 0 Å². The largest absolute Gasteiger partial charge is 0.240 e. The van der Waals surface area contributed by atoms with Crippen LogP contribution >= 0.6 is 15.9 Å². The average molecular weight is 291 g/mol. The molecule has 1 heterocycles. The molecule has 2 nitrogen and oxygen atoms in total. The van der Waals surface area contributed by atoms with E-state index in [1.807, 2.05) is 47.4 Å². The topological polar surface area (TPSA) is 17.8 Å². The van der Waals surface area contributed by atoms with Gasteiger partial charge in [0.1, 0.15) is 0 Å². The van der Waals surface area contributed by atoms with Gasteiger partial charge in [-0.1, -0.05) is 52.7 Å². The molecule has 0 fully saturated rings. The predicted molar refractivity (Wildman–Crippen MR) is 75.6 cm³/mol. The number of alkyl halides is 1. The third-order valence-corrected chi connectivity index (χ3v) is 3.34. The van der Waals surface area contributed by atoms with Crippen LogP contribution in [0.2, 0.25) is 0 Å². The standard InChI is InChI=1S/C14H15BrN2/c1-2-12(9-15)8-13-10-16-17(11-13)14-6-4-3-5-7-14/h3-8,10-11H,2,9H2,1H3. The Kier molecular flexibility index (Phi) is 4.15. The molecule has 1 aromatic heterocycles. The van der Waals surface area contributed by atoms with Crippen LogP contribution in [-0.4, -0.2) is 15.1 Å². The number of benzene rings is 1. The number of aromatic nitrogens is 2. The van der Waals surface area contributed by atoms with Crippen LogP contribution in [0, 0.1) is 0 Å². The fourth-order valence-corrected chi connectivity index (χ4v) is 2.16. The van der Waals surface area contributed by atoms with Gasteiger partial charge in [0.15, 0.2) is 0 Å². The summed E-state index contributed by atoms with van der Waals surface area (Å²) in [5, 5.41) is 5.28. The van der Waals surface area contributed by atoms with E-state index in [9.17, 15) is 0 Å². The lowest BCUT2D eigenvalue weighted by atomic mass is 10.2. The molecule has 3 heteroatoms. The third-order valence-electron chi connectivity index (χ3n) is 2.62. The lowest BCUT2D eigenvalue weighted by molar-refractivity contribution is 0.880. The highest BCUT2D eigenvalue weighted by molar-refractivity contribution is 9.09. The molecule has 0 amide bonds. The van der Waals surface area contributed by atoms with Crippen LogP contribution in [0.15, 0.2) is 48.3 Å². The molecule has 0 bridgehead atoms. The first-order valence-corrected chi connectivity index (χ1v) is 6.81. The van der Waals surface area contributed by atoms with Crippen molar-refractivity contribution in [2.24, 2.45) is 0 Å². The SMILES string of the molecule is CCC(=Cc1cnn(-c2ccccc2)c1)CBr. The molecule has 2 aromatic rings. The molecular formula is C14H15BrN2. The zero-order valence-corrected chi connectivity index (χ0v) is 11.4. The molecule has 2 rings (SSSR count). The third kappa shape index (κ3) is 3.07. The van der Waals surface area contributed by atoms with Crippen LogP contribution in [0.1, 0.15) is 18.9 Å². The maximum atomic E-state index is 4.36. The summed E-state index contributed by atoms with van der Waals surface area (Å²) in [5.74, 6) is 0. The van der Waals surface area contributed by atoms with Crippen molar-refractivity contribution in [2.75, 3.05) is 5.33 Å². The molecule has 0 radical (unpaired) electrons. The molecule has 17 heavy (non-hydrogen) atoms. The summed E-state index contributed by atoms with van der Waals surface area (Å²) in [5.41, 5.74) is 3.60. The molecule has 0 aliphatic heterocycles. The zero-order chi connectivity index (χ0) is 12.1. The van der Waals surface area contributed by atoms with E-state index >= 15 is 0 Å². The minimum Gasteiger partial charge on any atom is -0.240 e. The van der Waals surface area contributed by atoms with Crippen LogP contribution in [-0.2, 0) is 0 Å². The first-order valence-electron chi connectivity index (χ1n) is 5.69. The van der Waals surface area contributed by atoms with Crippen molar-refractivity contribution in [3.05, 3.63) is 53.9 Å². The van der Waals surface area contributed by atoms with Crippen LogP contribution in [0.25, 0.3) is 11.8 Å². The van der Waals surface area contributed by atoms with E-state index in [-0.39, 0.29) is 0 Å². The van der Waals surface area contributed by atoms with Crippen molar-refractivity contribution in [1.29, 1.82) is 0 Å². The highest BCUT2D eigenvalue weighted by atomic mass is 79.9. The van der Waals surface area contributed by atoms with Gasteiger partial charge in [-0.25, -0.2) is 4.68 Å². The molecule has 1 aromatic carbocycles. The molecule has 0 unspecified atom stereocenters. The minimum atomic E-state index is 0.917. The Morgan fingerprint density at radius 2 is 2.12 bits per heavy atom. The highest BCUT2D eigenvalue weighted by Gasteiger charge is 1.99. The lowest BCUT2D eigenvalue weighted by Crippen LogP contribution is -1.92. The minimum absolute atomic E-state index is 0.917. The molecule has 0 aliphatic rings. The average Bonchev–Trinajstić information content (AvgIpc) is 2.85.